The van der Waals surface area contributed by atoms with Crippen molar-refractivity contribution in [2.45, 2.75) is 27.7 Å². The van der Waals surface area contributed by atoms with Crippen LogP contribution in [-0.2, 0) is 0 Å². The van der Waals surface area contributed by atoms with Gasteiger partial charge in [-0.1, -0.05) is 0 Å². The molecule has 0 saturated carbocycles. The van der Waals surface area contributed by atoms with Crippen molar-refractivity contribution < 1.29 is 9.66 Å². The predicted molar refractivity (Wildman–Crippen MR) is 112 cm³/mol. The summed E-state index contributed by atoms with van der Waals surface area (Å²) in [7, 11) is 1.48. The van der Waals surface area contributed by atoms with E-state index in [1.807, 2.05) is 0 Å². The second-order valence-corrected chi connectivity index (χ2v) is 6.91. The number of aromatic nitrogens is 1. The molecule has 0 saturated heterocycles. The average Bonchev–Trinajstić information content (AvgIpc) is 3.16. The van der Waals surface area contributed by atoms with Gasteiger partial charge in [-0.25, -0.2) is 0 Å². The Balaban J connectivity index is 2.50. The highest BCUT2D eigenvalue weighted by atomic mass is 16.6. The lowest BCUT2D eigenvalue weighted by atomic mass is 9.93. The van der Waals surface area contributed by atoms with Crippen molar-refractivity contribution in [1.82, 2.24) is 4.98 Å². The van der Waals surface area contributed by atoms with E-state index in [0.29, 0.717) is 62.0 Å². The number of ether oxygens (including phenoxy) is 1. The number of rotatable bonds is 4. The lowest BCUT2D eigenvalue weighted by Crippen LogP contribution is -2.01. The number of nitriles is 2. The van der Waals surface area contributed by atoms with Crippen molar-refractivity contribution in [1.29, 1.82) is 10.5 Å². The molecule has 0 unspecified atom stereocenters. The van der Waals surface area contributed by atoms with E-state index in [1.54, 1.807) is 27.7 Å². The Hall–Kier alpha value is -4.17. The summed E-state index contributed by atoms with van der Waals surface area (Å²) < 4.78 is 5.50. The summed E-state index contributed by atoms with van der Waals surface area (Å²) in [6.07, 6.45) is 0. The summed E-state index contributed by atoms with van der Waals surface area (Å²) in [5.74, 6) is 0.416. The third-order valence-electron chi connectivity index (χ3n) is 5.18. The first kappa shape index (κ1) is 20.6. The number of aromatic amines is 1. The summed E-state index contributed by atoms with van der Waals surface area (Å²) >= 11 is 0. The monoisotopic (exact) mass is 401 g/mol. The van der Waals surface area contributed by atoms with E-state index in [9.17, 15) is 20.6 Å². The highest BCUT2D eigenvalue weighted by Crippen LogP contribution is 2.42. The summed E-state index contributed by atoms with van der Waals surface area (Å²) in [6.45, 7) is 7.12. The number of nitrogens with one attached hydrogen (secondary N) is 1. The second kappa shape index (κ2) is 7.69. The zero-order valence-electron chi connectivity index (χ0n) is 17.2. The number of nitro groups is 1. The Bertz CT molecular complexity index is 1260. The van der Waals surface area contributed by atoms with E-state index in [2.05, 4.69) is 22.1 Å². The molecular weight excluding hydrogens is 382 g/mol. The van der Waals surface area contributed by atoms with Gasteiger partial charge in [-0.3, -0.25) is 15.1 Å². The quantitative estimate of drug-likeness (QED) is 0.596. The van der Waals surface area contributed by atoms with E-state index in [4.69, 9.17) is 4.74 Å². The summed E-state index contributed by atoms with van der Waals surface area (Å²) in [5.41, 5.74) is 5.53. The van der Waals surface area contributed by atoms with Crippen LogP contribution in [0.5, 0.6) is 5.75 Å². The minimum atomic E-state index is -0.481. The van der Waals surface area contributed by atoms with E-state index in [-0.39, 0.29) is 5.69 Å². The van der Waals surface area contributed by atoms with Crippen molar-refractivity contribution in [3.8, 4) is 17.9 Å². The maximum atomic E-state index is 11.4. The van der Waals surface area contributed by atoms with Gasteiger partial charge < -0.3 is 9.72 Å². The van der Waals surface area contributed by atoms with Gasteiger partial charge in [-0.2, -0.15) is 10.5 Å². The lowest BCUT2D eigenvalue weighted by molar-refractivity contribution is -0.384. The van der Waals surface area contributed by atoms with Gasteiger partial charge in [0.2, 0.25) is 0 Å². The third kappa shape index (κ3) is 3.15. The Morgan fingerprint density at radius 3 is 2.40 bits per heavy atom. The predicted octanol–water partition coefficient (Wildman–Crippen LogP) is 4.49. The first-order valence-electron chi connectivity index (χ1n) is 9.08. The van der Waals surface area contributed by atoms with Crippen LogP contribution in [0.1, 0.15) is 41.9 Å². The fourth-order valence-electron chi connectivity index (χ4n) is 3.66. The molecule has 1 aliphatic rings. The van der Waals surface area contributed by atoms with Gasteiger partial charge in [0.1, 0.15) is 17.9 Å². The molecule has 8 nitrogen and oxygen atoms in total. The molecule has 30 heavy (non-hydrogen) atoms. The maximum Gasteiger partial charge on any atom is 0.270 e. The van der Waals surface area contributed by atoms with E-state index in [0.717, 1.165) is 0 Å². The average molecular weight is 401 g/mol. The molecule has 0 aliphatic carbocycles. The van der Waals surface area contributed by atoms with Crippen LogP contribution >= 0.6 is 0 Å². The Labute approximate surface area is 173 Å². The number of methoxy groups -OCH3 is 1. The van der Waals surface area contributed by atoms with Gasteiger partial charge in [-0.15, -0.1) is 0 Å². The van der Waals surface area contributed by atoms with Gasteiger partial charge >= 0.3 is 0 Å². The molecular formula is C22H19N5O3. The number of hydrogen-bond donors (Lipinski definition) is 1. The van der Waals surface area contributed by atoms with Crippen LogP contribution in [0, 0.1) is 46.6 Å². The van der Waals surface area contributed by atoms with E-state index < -0.39 is 4.92 Å². The van der Waals surface area contributed by atoms with E-state index in [1.165, 1.54) is 25.3 Å². The molecule has 2 aromatic rings. The highest BCUT2D eigenvalue weighted by Gasteiger charge is 2.28. The molecule has 0 radical (unpaired) electrons. The number of non-ortho nitro benzene ring substituents is 1. The van der Waals surface area contributed by atoms with Crippen molar-refractivity contribution in [2.75, 3.05) is 7.11 Å². The fourth-order valence-corrected chi connectivity index (χ4v) is 3.66. The minimum Gasteiger partial charge on any atom is -0.496 e. The number of allylic oxidation sites excluding steroid dienone is 2. The lowest BCUT2D eigenvalue weighted by Gasteiger charge is -2.15. The third-order valence-corrected chi connectivity index (χ3v) is 5.18. The number of hydrogen-bond acceptors (Lipinski definition) is 6. The first-order valence-corrected chi connectivity index (χ1v) is 9.08. The highest BCUT2D eigenvalue weighted by molar-refractivity contribution is 6.08. The molecule has 1 aliphatic heterocycles. The van der Waals surface area contributed by atoms with Crippen molar-refractivity contribution in [2.24, 2.45) is 4.99 Å². The summed E-state index contributed by atoms with van der Waals surface area (Å²) in [4.78, 5) is 18.8. The molecule has 1 N–H and O–H groups in total. The van der Waals surface area contributed by atoms with Gasteiger partial charge in [0.25, 0.3) is 5.69 Å². The van der Waals surface area contributed by atoms with Gasteiger partial charge in [0.05, 0.1) is 40.3 Å². The minimum absolute atomic E-state index is 0.105. The first-order chi connectivity index (χ1) is 14.2. The molecule has 0 bridgehead atoms. The number of aryl methyl sites for hydroxylation is 1. The molecule has 0 atom stereocenters. The Kier molecular flexibility index (Phi) is 5.27. The van der Waals surface area contributed by atoms with Crippen molar-refractivity contribution >= 4 is 17.0 Å². The molecule has 1 aromatic carbocycles. The molecule has 0 amide bonds. The number of nitro benzene ring substituents is 1. The molecule has 1 aromatic heterocycles. The van der Waals surface area contributed by atoms with Crippen LogP contribution in [0.15, 0.2) is 40.0 Å². The van der Waals surface area contributed by atoms with Crippen LogP contribution in [0.2, 0.25) is 0 Å². The number of nitrogens with zero attached hydrogens (tertiary/aromatic N) is 4. The number of benzene rings is 1. The van der Waals surface area contributed by atoms with Gasteiger partial charge in [-0.05, 0) is 44.9 Å². The Morgan fingerprint density at radius 1 is 1.20 bits per heavy atom. The molecule has 3 rings (SSSR count). The van der Waals surface area contributed by atoms with Crippen LogP contribution in [0.4, 0.5) is 5.69 Å². The van der Waals surface area contributed by atoms with Gasteiger partial charge in [0.15, 0.2) is 0 Å². The zero-order chi connectivity index (χ0) is 22.2. The Morgan fingerprint density at radius 2 is 1.90 bits per heavy atom. The molecule has 0 spiro atoms. The van der Waals surface area contributed by atoms with Crippen molar-refractivity contribution in [3.63, 3.8) is 0 Å². The van der Waals surface area contributed by atoms with Crippen LogP contribution in [0.3, 0.4) is 0 Å². The van der Waals surface area contributed by atoms with Crippen LogP contribution in [0.25, 0.3) is 5.57 Å². The van der Waals surface area contributed by atoms with E-state index >= 15 is 0 Å². The SMILES string of the molecule is COc1ccc([N+](=O)[O-])cc1/C(=C1/N=C(C)C(C#N)=C1C)c1[nH]c(C)c(C#N)c1C. The van der Waals surface area contributed by atoms with Gasteiger partial charge in [0, 0.05) is 29.0 Å². The van der Waals surface area contributed by atoms with Crippen LogP contribution in [-0.4, -0.2) is 22.7 Å². The largest absolute Gasteiger partial charge is 0.496 e. The molecule has 0 fully saturated rings. The summed E-state index contributed by atoms with van der Waals surface area (Å²) in [5, 5.41) is 30.5. The molecule has 2 heterocycles. The smallest absolute Gasteiger partial charge is 0.270 e. The molecule has 8 heteroatoms. The summed E-state index contributed by atoms with van der Waals surface area (Å²) in [6, 6.07) is 8.67. The number of aliphatic imine (C=N–C) groups is 1. The maximum absolute atomic E-state index is 11.4. The van der Waals surface area contributed by atoms with Crippen LogP contribution < -0.4 is 4.74 Å². The topological polar surface area (TPSA) is 128 Å². The second-order valence-electron chi connectivity index (χ2n) is 6.91. The normalized spacial score (nSPS) is 14.8. The zero-order valence-corrected chi connectivity index (χ0v) is 17.2. The van der Waals surface area contributed by atoms with Crippen molar-refractivity contribution in [3.05, 3.63) is 73.2 Å². The standard InChI is InChI=1S/C22H19N5O3/c1-11-17(9-23)13(3)25-21(11)20(22-12(2)18(10-24)14(4)26-22)16-8-15(27(28)29)6-7-19(16)30-5/h6-8,25H,1-5H3/b22-20-. The number of H-pyrrole nitrogens is 1. The fraction of sp³-hybridized carbons (Fsp3) is 0.227. The molecule has 150 valence electrons.